The van der Waals surface area contributed by atoms with Crippen molar-refractivity contribution >= 4 is 11.9 Å². The molecular weight excluding hydrogens is 214 g/mol. The van der Waals surface area contributed by atoms with E-state index in [1.165, 1.54) is 0 Å². The zero-order chi connectivity index (χ0) is 12.2. The Hall–Kier alpha value is -1.14. The predicted molar refractivity (Wildman–Crippen MR) is 54.9 cm³/mol. The Labute approximate surface area is 93.6 Å². The van der Waals surface area contributed by atoms with E-state index in [2.05, 4.69) is 5.32 Å². The van der Waals surface area contributed by atoms with E-state index in [0.717, 1.165) is 6.42 Å². The number of aliphatic carboxylic acids is 1. The highest BCUT2D eigenvalue weighted by Gasteiger charge is 2.39. The first-order valence-electron chi connectivity index (χ1n) is 5.28. The summed E-state index contributed by atoms with van der Waals surface area (Å²) in [7, 11) is 0. The van der Waals surface area contributed by atoms with E-state index >= 15 is 0 Å². The van der Waals surface area contributed by atoms with E-state index in [4.69, 9.17) is 14.9 Å². The molecule has 0 aromatic rings. The van der Waals surface area contributed by atoms with Gasteiger partial charge in [-0.1, -0.05) is 0 Å². The Balaban J connectivity index is 2.57. The van der Waals surface area contributed by atoms with Crippen molar-refractivity contribution in [2.24, 2.45) is 0 Å². The summed E-state index contributed by atoms with van der Waals surface area (Å²) in [6.07, 6.45) is 1.38. The van der Waals surface area contributed by atoms with Gasteiger partial charge in [0.25, 0.3) is 5.91 Å². The van der Waals surface area contributed by atoms with Crippen molar-refractivity contribution in [2.75, 3.05) is 13.2 Å². The Kier molecular flexibility index (Phi) is 4.26. The number of carboxylic acid groups (broad SMARTS) is 1. The number of aliphatic hydroxyl groups is 1. The highest BCUT2D eigenvalue weighted by molar-refractivity contribution is 5.89. The average molecular weight is 231 g/mol. The summed E-state index contributed by atoms with van der Waals surface area (Å²) in [5.41, 5.74) is -0.927. The Bertz CT molecular complexity index is 272. The van der Waals surface area contributed by atoms with Crippen LogP contribution in [0.4, 0.5) is 0 Å². The van der Waals surface area contributed by atoms with Crippen molar-refractivity contribution in [1.29, 1.82) is 0 Å². The predicted octanol–water partition coefficient (Wildman–Crippen LogP) is -0.493. The molecule has 2 atom stereocenters. The van der Waals surface area contributed by atoms with Crippen molar-refractivity contribution in [2.45, 2.75) is 37.8 Å². The number of amides is 1. The summed E-state index contributed by atoms with van der Waals surface area (Å²) in [6, 6.07) is -1.06. The highest BCUT2D eigenvalue weighted by Crippen LogP contribution is 2.25. The van der Waals surface area contributed by atoms with Crippen LogP contribution in [0, 0.1) is 0 Å². The molecule has 6 nitrogen and oxygen atoms in total. The monoisotopic (exact) mass is 231 g/mol. The molecule has 0 spiro atoms. The number of carbonyl (C=O) groups excluding carboxylic acids is 1. The molecule has 1 fully saturated rings. The molecule has 92 valence electrons. The Morgan fingerprint density at radius 1 is 1.56 bits per heavy atom. The quantitative estimate of drug-likeness (QED) is 0.593. The molecule has 0 aromatic heterocycles. The lowest BCUT2D eigenvalue weighted by Crippen LogP contribution is -2.50. The van der Waals surface area contributed by atoms with E-state index in [1.807, 2.05) is 0 Å². The number of aliphatic hydroxyl groups excluding tert-OH is 1. The number of hydrogen-bond acceptors (Lipinski definition) is 4. The maximum absolute atomic E-state index is 11.8. The van der Waals surface area contributed by atoms with Crippen LogP contribution < -0.4 is 5.32 Å². The average Bonchev–Trinajstić information content (AvgIpc) is 2.65. The van der Waals surface area contributed by atoms with Gasteiger partial charge in [-0.05, 0) is 19.8 Å². The van der Waals surface area contributed by atoms with Crippen LogP contribution in [0.2, 0.25) is 0 Å². The maximum atomic E-state index is 11.8. The lowest BCUT2D eigenvalue weighted by Gasteiger charge is -2.24. The number of ether oxygens (including phenoxy) is 1. The summed E-state index contributed by atoms with van der Waals surface area (Å²) in [4.78, 5) is 22.6. The molecule has 1 unspecified atom stereocenters. The Morgan fingerprint density at radius 3 is 2.69 bits per heavy atom. The van der Waals surface area contributed by atoms with Gasteiger partial charge in [0.15, 0.2) is 0 Å². The molecule has 0 bridgehead atoms. The van der Waals surface area contributed by atoms with Gasteiger partial charge in [0.1, 0.15) is 11.6 Å². The van der Waals surface area contributed by atoms with Gasteiger partial charge in [0.05, 0.1) is 0 Å². The summed E-state index contributed by atoms with van der Waals surface area (Å²) in [5, 5.41) is 19.9. The van der Waals surface area contributed by atoms with E-state index in [1.54, 1.807) is 6.92 Å². The molecule has 1 saturated heterocycles. The van der Waals surface area contributed by atoms with Gasteiger partial charge in [-0.2, -0.15) is 0 Å². The van der Waals surface area contributed by atoms with E-state index < -0.39 is 23.5 Å². The molecule has 0 saturated carbocycles. The fourth-order valence-corrected chi connectivity index (χ4v) is 1.66. The molecule has 6 heteroatoms. The molecule has 0 radical (unpaired) electrons. The van der Waals surface area contributed by atoms with Crippen molar-refractivity contribution in [3.05, 3.63) is 0 Å². The number of rotatable bonds is 5. The van der Waals surface area contributed by atoms with Crippen LogP contribution in [-0.4, -0.2) is 46.9 Å². The van der Waals surface area contributed by atoms with Crippen LogP contribution in [0.25, 0.3) is 0 Å². The van der Waals surface area contributed by atoms with Gasteiger partial charge in [-0.25, -0.2) is 4.79 Å². The lowest BCUT2D eigenvalue weighted by atomic mass is 10.0. The molecule has 1 amide bonds. The van der Waals surface area contributed by atoms with E-state index in [0.29, 0.717) is 13.0 Å². The fraction of sp³-hybridized carbons (Fsp3) is 0.800. The van der Waals surface area contributed by atoms with E-state index in [9.17, 15) is 9.59 Å². The minimum atomic E-state index is -1.15. The van der Waals surface area contributed by atoms with Gasteiger partial charge in [0.2, 0.25) is 0 Å². The summed E-state index contributed by atoms with van der Waals surface area (Å²) >= 11 is 0. The van der Waals surface area contributed by atoms with Gasteiger partial charge in [-0.3, -0.25) is 4.79 Å². The van der Waals surface area contributed by atoms with Crippen molar-refractivity contribution in [3.63, 3.8) is 0 Å². The molecular formula is C10H17NO5. The van der Waals surface area contributed by atoms with Crippen LogP contribution in [0.5, 0.6) is 0 Å². The molecule has 0 aliphatic carbocycles. The first-order chi connectivity index (χ1) is 7.49. The minimum absolute atomic E-state index is 0.00282. The molecule has 0 aromatic carbocycles. The maximum Gasteiger partial charge on any atom is 0.326 e. The van der Waals surface area contributed by atoms with Crippen LogP contribution in [0.15, 0.2) is 0 Å². The third kappa shape index (κ3) is 2.93. The minimum Gasteiger partial charge on any atom is -0.480 e. The fourth-order valence-electron chi connectivity index (χ4n) is 1.66. The van der Waals surface area contributed by atoms with Gasteiger partial charge < -0.3 is 20.3 Å². The largest absolute Gasteiger partial charge is 0.480 e. The second-order valence-electron chi connectivity index (χ2n) is 4.06. The highest BCUT2D eigenvalue weighted by atomic mass is 16.5. The van der Waals surface area contributed by atoms with E-state index in [-0.39, 0.29) is 13.0 Å². The van der Waals surface area contributed by atoms with Crippen LogP contribution in [0.1, 0.15) is 26.2 Å². The summed E-state index contributed by atoms with van der Waals surface area (Å²) in [6.45, 7) is 1.88. The van der Waals surface area contributed by atoms with Gasteiger partial charge >= 0.3 is 5.97 Å². The van der Waals surface area contributed by atoms with Gasteiger partial charge in [0, 0.05) is 19.6 Å². The molecule has 1 aliphatic heterocycles. The van der Waals surface area contributed by atoms with Crippen molar-refractivity contribution < 1.29 is 24.5 Å². The molecule has 1 aliphatic rings. The number of hydrogen-bond donors (Lipinski definition) is 3. The molecule has 3 N–H and O–H groups in total. The Morgan fingerprint density at radius 2 is 2.25 bits per heavy atom. The lowest BCUT2D eigenvalue weighted by molar-refractivity contribution is -0.147. The number of carboxylic acids is 1. The molecule has 1 heterocycles. The van der Waals surface area contributed by atoms with Crippen LogP contribution >= 0.6 is 0 Å². The third-order valence-electron chi connectivity index (χ3n) is 2.72. The smallest absolute Gasteiger partial charge is 0.326 e. The standard InChI is InChI=1S/C10H17NO5/c1-10(4-2-6-16-10)9(15)11-7(3-5-12)8(13)14/h7,12H,2-6H2,1H3,(H,11,15)(H,13,14)/t7-,10?/m1/s1. The first-order valence-corrected chi connectivity index (χ1v) is 5.28. The van der Waals surface area contributed by atoms with Crippen molar-refractivity contribution in [3.8, 4) is 0 Å². The van der Waals surface area contributed by atoms with Crippen LogP contribution in [0.3, 0.4) is 0 Å². The second-order valence-corrected chi connectivity index (χ2v) is 4.06. The second kappa shape index (κ2) is 5.27. The zero-order valence-corrected chi connectivity index (χ0v) is 9.23. The number of nitrogens with one attached hydrogen (secondary N) is 1. The van der Waals surface area contributed by atoms with Crippen LogP contribution in [-0.2, 0) is 14.3 Å². The topological polar surface area (TPSA) is 95.9 Å². The third-order valence-corrected chi connectivity index (χ3v) is 2.72. The van der Waals surface area contributed by atoms with Crippen molar-refractivity contribution in [1.82, 2.24) is 5.32 Å². The van der Waals surface area contributed by atoms with Gasteiger partial charge in [-0.15, -0.1) is 0 Å². The zero-order valence-electron chi connectivity index (χ0n) is 9.23. The summed E-state index contributed by atoms with van der Waals surface area (Å²) < 4.78 is 5.29. The molecule has 1 rings (SSSR count). The summed E-state index contributed by atoms with van der Waals surface area (Å²) in [5.74, 6) is -1.57. The normalized spacial score (nSPS) is 26.4. The molecule has 16 heavy (non-hydrogen) atoms. The SMILES string of the molecule is CC1(C(=O)N[C@H](CCO)C(=O)O)CCCO1. The number of carbonyl (C=O) groups is 2. The first kappa shape index (κ1) is 12.9.